The summed E-state index contributed by atoms with van der Waals surface area (Å²) < 4.78 is 7.19. The number of nitrogens with one attached hydrogen (secondary N) is 1. The van der Waals surface area contributed by atoms with E-state index in [0.717, 1.165) is 32.4 Å². The molecule has 5 nitrogen and oxygen atoms in total. The van der Waals surface area contributed by atoms with Crippen molar-refractivity contribution in [2.75, 3.05) is 13.2 Å². The summed E-state index contributed by atoms with van der Waals surface area (Å²) in [4.78, 5) is 16.1. The Labute approximate surface area is 115 Å². The number of hydrogen-bond donors (Lipinski definition) is 1. The normalized spacial score (nSPS) is 14.1. The van der Waals surface area contributed by atoms with Gasteiger partial charge in [0.15, 0.2) is 0 Å². The van der Waals surface area contributed by atoms with Gasteiger partial charge in [0.25, 0.3) is 0 Å². The van der Waals surface area contributed by atoms with Crippen LogP contribution in [0.3, 0.4) is 0 Å². The number of aryl methyl sites for hydroxylation is 1. The van der Waals surface area contributed by atoms with Crippen LogP contribution in [0.15, 0.2) is 18.7 Å². The molecule has 1 heterocycles. The lowest BCUT2D eigenvalue weighted by Crippen LogP contribution is -2.50. The molecule has 0 saturated carbocycles. The number of rotatable bonds is 9. The van der Waals surface area contributed by atoms with Crippen molar-refractivity contribution < 1.29 is 9.53 Å². The lowest BCUT2D eigenvalue weighted by Gasteiger charge is -2.28. The van der Waals surface area contributed by atoms with E-state index in [-0.39, 0.29) is 5.97 Å². The smallest absolute Gasteiger partial charge is 0.326 e. The molecule has 108 valence electrons. The van der Waals surface area contributed by atoms with Crippen molar-refractivity contribution >= 4 is 5.97 Å². The fourth-order valence-electron chi connectivity index (χ4n) is 1.99. The summed E-state index contributed by atoms with van der Waals surface area (Å²) in [5.74, 6) is -0.158. The van der Waals surface area contributed by atoms with E-state index in [4.69, 9.17) is 4.74 Å². The maximum atomic E-state index is 12.1. The first-order valence-corrected chi connectivity index (χ1v) is 7.00. The number of esters is 1. The Bertz CT molecular complexity index is 365. The molecule has 0 aliphatic carbocycles. The highest BCUT2D eigenvalue weighted by atomic mass is 16.5. The molecule has 1 aromatic heterocycles. The second-order valence-corrected chi connectivity index (χ2v) is 4.88. The Hall–Kier alpha value is -1.36. The van der Waals surface area contributed by atoms with Crippen molar-refractivity contribution in [3.63, 3.8) is 0 Å². The van der Waals surface area contributed by atoms with Crippen LogP contribution in [0, 0.1) is 0 Å². The van der Waals surface area contributed by atoms with Crippen LogP contribution in [0.2, 0.25) is 0 Å². The number of imidazole rings is 1. The summed E-state index contributed by atoms with van der Waals surface area (Å²) in [5.41, 5.74) is -0.591. The number of carbonyl (C=O) groups is 1. The Morgan fingerprint density at radius 1 is 1.47 bits per heavy atom. The van der Waals surface area contributed by atoms with Gasteiger partial charge in [0.05, 0.1) is 12.9 Å². The van der Waals surface area contributed by atoms with Crippen LogP contribution in [0.1, 0.15) is 40.0 Å². The third kappa shape index (κ3) is 5.03. The molecular formula is C14H25N3O2. The largest absolute Gasteiger partial charge is 0.465 e. The van der Waals surface area contributed by atoms with Crippen molar-refractivity contribution in [2.24, 2.45) is 0 Å². The fourth-order valence-corrected chi connectivity index (χ4v) is 1.99. The van der Waals surface area contributed by atoms with Gasteiger partial charge in [-0.15, -0.1) is 0 Å². The molecular weight excluding hydrogens is 242 g/mol. The molecule has 1 rings (SSSR count). The van der Waals surface area contributed by atoms with Gasteiger partial charge < -0.3 is 14.6 Å². The first-order valence-electron chi connectivity index (χ1n) is 7.00. The van der Waals surface area contributed by atoms with Crippen molar-refractivity contribution in [1.82, 2.24) is 14.9 Å². The van der Waals surface area contributed by atoms with E-state index in [1.54, 1.807) is 12.5 Å². The van der Waals surface area contributed by atoms with Gasteiger partial charge in [0.2, 0.25) is 0 Å². The summed E-state index contributed by atoms with van der Waals surface area (Å²) in [6, 6.07) is 0. The molecule has 0 aliphatic heterocycles. The van der Waals surface area contributed by atoms with Crippen molar-refractivity contribution in [3.8, 4) is 0 Å². The highest BCUT2D eigenvalue weighted by Crippen LogP contribution is 2.15. The highest BCUT2D eigenvalue weighted by Gasteiger charge is 2.33. The third-order valence-electron chi connectivity index (χ3n) is 3.14. The molecule has 19 heavy (non-hydrogen) atoms. The van der Waals surface area contributed by atoms with Gasteiger partial charge in [-0.05, 0) is 39.7 Å². The average Bonchev–Trinajstić information content (AvgIpc) is 2.90. The van der Waals surface area contributed by atoms with Crippen molar-refractivity contribution in [1.29, 1.82) is 0 Å². The van der Waals surface area contributed by atoms with Crippen LogP contribution in [0.25, 0.3) is 0 Å². The zero-order chi connectivity index (χ0) is 14.1. The van der Waals surface area contributed by atoms with E-state index in [1.165, 1.54) is 0 Å². The van der Waals surface area contributed by atoms with Gasteiger partial charge in [-0.3, -0.25) is 4.79 Å². The van der Waals surface area contributed by atoms with Crippen LogP contribution < -0.4 is 5.32 Å². The Kier molecular flexibility index (Phi) is 6.56. The molecule has 0 bridgehead atoms. The number of carbonyl (C=O) groups excluding carboxylic acids is 1. The van der Waals surface area contributed by atoms with Gasteiger partial charge in [-0.2, -0.15) is 0 Å². The zero-order valence-corrected chi connectivity index (χ0v) is 12.2. The summed E-state index contributed by atoms with van der Waals surface area (Å²) in [5, 5.41) is 3.31. The minimum Gasteiger partial charge on any atom is -0.465 e. The Morgan fingerprint density at radius 2 is 2.26 bits per heavy atom. The van der Waals surface area contributed by atoms with Gasteiger partial charge in [-0.25, -0.2) is 4.98 Å². The minimum atomic E-state index is -0.591. The summed E-state index contributed by atoms with van der Waals surface area (Å²) in [6.45, 7) is 7.95. The van der Waals surface area contributed by atoms with E-state index in [0.29, 0.717) is 6.61 Å². The predicted octanol–water partition coefficient (Wildman–Crippen LogP) is 1.98. The van der Waals surface area contributed by atoms with Crippen LogP contribution in [0.4, 0.5) is 0 Å². The first kappa shape index (κ1) is 15.7. The summed E-state index contributed by atoms with van der Waals surface area (Å²) in [6.07, 6.45) is 8.14. The van der Waals surface area contributed by atoms with E-state index >= 15 is 0 Å². The van der Waals surface area contributed by atoms with Gasteiger partial charge in [-0.1, -0.05) is 6.92 Å². The lowest BCUT2D eigenvalue weighted by atomic mass is 9.95. The number of aromatic nitrogens is 2. The Balaban J connectivity index is 2.50. The molecule has 0 aliphatic rings. The molecule has 0 spiro atoms. The standard InChI is InChI=1S/C14H25N3O2/c1-4-8-16-14(3,13(18)19-5-2)7-6-10-17-11-9-15-12-17/h9,11-12,16H,4-8,10H2,1-3H3. The first-order chi connectivity index (χ1) is 9.12. The van der Waals surface area contributed by atoms with Gasteiger partial charge in [0.1, 0.15) is 5.54 Å². The molecule has 0 fully saturated rings. The third-order valence-corrected chi connectivity index (χ3v) is 3.14. The fraction of sp³-hybridized carbons (Fsp3) is 0.714. The maximum Gasteiger partial charge on any atom is 0.326 e. The van der Waals surface area contributed by atoms with Crippen LogP contribution >= 0.6 is 0 Å². The molecule has 0 amide bonds. The van der Waals surface area contributed by atoms with E-state index in [9.17, 15) is 4.79 Å². The molecule has 1 N–H and O–H groups in total. The van der Waals surface area contributed by atoms with E-state index < -0.39 is 5.54 Å². The monoisotopic (exact) mass is 267 g/mol. The lowest BCUT2D eigenvalue weighted by molar-refractivity contribution is -0.150. The van der Waals surface area contributed by atoms with Crippen LogP contribution in [0.5, 0.6) is 0 Å². The maximum absolute atomic E-state index is 12.1. The molecule has 0 saturated heterocycles. The van der Waals surface area contributed by atoms with Gasteiger partial charge in [0, 0.05) is 18.9 Å². The minimum absolute atomic E-state index is 0.158. The van der Waals surface area contributed by atoms with Crippen LogP contribution in [-0.2, 0) is 16.1 Å². The van der Waals surface area contributed by atoms with Crippen LogP contribution in [-0.4, -0.2) is 34.2 Å². The van der Waals surface area contributed by atoms with Crippen molar-refractivity contribution in [3.05, 3.63) is 18.7 Å². The van der Waals surface area contributed by atoms with Gasteiger partial charge >= 0.3 is 5.97 Å². The number of nitrogens with zero attached hydrogens (tertiary/aromatic N) is 2. The topological polar surface area (TPSA) is 56.2 Å². The molecule has 0 radical (unpaired) electrons. The van der Waals surface area contributed by atoms with Crippen molar-refractivity contribution in [2.45, 2.75) is 52.1 Å². The SMILES string of the molecule is CCCNC(C)(CCCn1ccnc1)C(=O)OCC. The second-order valence-electron chi connectivity index (χ2n) is 4.88. The molecule has 1 atom stereocenters. The summed E-state index contributed by atoms with van der Waals surface area (Å²) >= 11 is 0. The number of ether oxygens (including phenoxy) is 1. The molecule has 5 heteroatoms. The number of hydrogen-bond acceptors (Lipinski definition) is 4. The van der Waals surface area contributed by atoms with E-state index in [2.05, 4.69) is 17.2 Å². The summed E-state index contributed by atoms with van der Waals surface area (Å²) in [7, 11) is 0. The predicted molar refractivity (Wildman–Crippen MR) is 74.8 cm³/mol. The average molecular weight is 267 g/mol. The molecule has 0 aromatic carbocycles. The zero-order valence-electron chi connectivity index (χ0n) is 12.2. The van der Waals surface area contributed by atoms with E-state index in [1.807, 2.05) is 24.6 Å². The second kappa shape index (κ2) is 7.94. The highest BCUT2D eigenvalue weighted by molar-refractivity contribution is 5.80. The molecule has 1 aromatic rings. The molecule has 1 unspecified atom stereocenters. The Morgan fingerprint density at radius 3 is 2.84 bits per heavy atom. The quantitative estimate of drug-likeness (QED) is 0.695.